The monoisotopic (exact) mass is 664 g/mol. The summed E-state index contributed by atoms with van der Waals surface area (Å²) in [6.45, 7) is 7.11. The van der Waals surface area contributed by atoms with Crippen molar-refractivity contribution in [2.75, 3.05) is 33.9 Å². The van der Waals surface area contributed by atoms with Crippen LogP contribution in [-0.2, 0) is 14.6 Å². The SMILES string of the molecule is CCCCCCCCCCCCCCCCC(CCCCCCCCCCCCCCCC)C[NH+](C)CCO.COS(=O)(=O)[O-]. The molecular weight excluding hydrogens is 582 g/mol. The van der Waals surface area contributed by atoms with Crippen molar-refractivity contribution in [3.05, 3.63) is 0 Å². The second-order valence-corrected chi connectivity index (χ2v) is 15.0. The van der Waals surface area contributed by atoms with Gasteiger partial charge in [-0.25, -0.2) is 8.42 Å². The lowest BCUT2D eigenvalue weighted by atomic mass is 9.93. The van der Waals surface area contributed by atoms with Crippen LogP contribution < -0.4 is 4.90 Å². The minimum atomic E-state index is -4.41. The van der Waals surface area contributed by atoms with Crippen LogP contribution in [0.5, 0.6) is 0 Å². The number of rotatable bonds is 35. The van der Waals surface area contributed by atoms with Crippen LogP contribution in [0.3, 0.4) is 0 Å². The smallest absolute Gasteiger partial charge is 0.217 e. The molecule has 1 unspecified atom stereocenters. The molecule has 45 heavy (non-hydrogen) atoms. The zero-order valence-electron chi connectivity index (χ0n) is 30.9. The average molecular weight is 664 g/mol. The van der Waals surface area contributed by atoms with Crippen LogP contribution in [0.15, 0.2) is 0 Å². The van der Waals surface area contributed by atoms with E-state index in [1.54, 1.807) is 0 Å². The Hall–Kier alpha value is -0.210. The number of hydrogen-bond acceptors (Lipinski definition) is 5. The molecule has 0 aliphatic carbocycles. The van der Waals surface area contributed by atoms with Crippen molar-refractivity contribution in [2.24, 2.45) is 5.92 Å². The van der Waals surface area contributed by atoms with E-state index in [1.807, 2.05) is 0 Å². The number of quaternary nitrogens is 1. The highest BCUT2D eigenvalue weighted by Gasteiger charge is 2.14. The predicted molar refractivity (Wildman–Crippen MR) is 194 cm³/mol. The first-order valence-corrected chi connectivity index (χ1v) is 21.1. The summed E-state index contributed by atoms with van der Waals surface area (Å²) in [5, 5.41) is 9.35. The van der Waals surface area contributed by atoms with Gasteiger partial charge in [-0.2, -0.15) is 0 Å². The Morgan fingerprint density at radius 2 is 0.800 bits per heavy atom. The third-order valence-electron chi connectivity index (χ3n) is 9.31. The van der Waals surface area contributed by atoms with E-state index in [1.165, 1.54) is 204 Å². The number of aliphatic hydroxyl groups is 1. The van der Waals surface area contributed by atoms with Crippen molar-refractivity contribution >= 4 is 10.4 Å². The van der Waals surface area contributed by atoms with E-state index < -0.39 is 10.4 Å². The van der Waals surface area contributed by atoms with Gasteiger partial charge in [-0.05, 0) is 12.8 Å². The van der Waals surface area contributed by atoms with E-state index >= 15 is 0 Å². The van der Waals surface area contributed by atoms with Crippen LogP contribution in [-0.4, -0.2) is 51.9 Å². The summed E-state index contributed by atoms with van der Waals surface area (Å²) < 4.78 is 31.0. The van der Waals surface area contributed by atoms with Gasteiger partial charge in [-0.3, -0.25) is 4.18 Å². The maximum Gasteiger partial charge on any atom is 0.217 e. The predicted octanol–water partition coefficient (Wildman–Crippen LogP) is 9.95. The zero-order valence-corrected chi connectivity index (χ0v) is 31.7. The quantitative estimate of drug-likeness (QED) is 0.0400. The number of aliphatic hydroxyl groups excluding tert-OH is 1. The van der Waals surface area contributed by atoms with Gasteiger partial charge in [-0.1, -0.05) is 194 Å². The maximum absolute atomic E-state index is 9.35. The molecule has 0 bridgehead atoms. The largest absolute Gasteiger partial charge is 0.726 e. The molecule has 274 valence electrons. The van der Waals surface area contributed by atoms with E-state index in [0.717, 1.165) is 19.6 Å². The summed E-state index contributed by atoms with van der Waals surface area (Å²) in [7, 11) is -1.33. The van der Waals surface area contributed by atoms with Crippen LogP contribution in [0.25, 0.3) is 0 Å². The van der Waals surface area contributed by atoms with Crippen molar-refractivity contribution in [2.45, 2.75) is 206 Å². The summed E-state index contributed by atoms with van der Waals surface area (Å²) in [5.74, 6) is 0.867. The molecule has 0 fully saturated rings. The van der Waals surface area contributed by atoms with Gasteiger partial charge in [0.25, 0.3) is 0 Å². The third-order valence-corrected chi connectivity index (χ3v) is 9.72. The van der Waals surface area contributed by atoms with Gasteiger partial charge in [0.15, 0.2) is 0 Å². The molecule has 0 aromatic carbocycles. The Morgan fingerprint density at radius 1 is 0.556 bits per heavy atom. The van der Waals surface area contributed by atoms with Crippen LogP contribution in [0.1, 0.15) is 206 Å². The molecule has 6 nitrogen and oxygen atoms in total. The summed E-state index contributed by atoms with van der Waals surface area (Å²) >= 11 is 0. The van der Waals surface area contributed by atoms with E-state index in [2.05, 4.69) is 25.1 Å². The van der Waals surface area contributed by atoms with Crippen molar-refractivity contribution < 1.29 is 27.2 Å². The second-order valence-electron chi connectivity index (χ2n) is 13.8. The molecular formula is C38H81NO5S. The highest BCUT2D eigenvalue weighted by atomic mass is 32.3. The lowest BCUT2D eigenvalue weighted by Gasteiger charge is -2.21. The Labute approximate surface area is 283 Å². The molecule has 0 rings (SSSR count). The van der Waals surface area contributed by atoms with Gasteiger partial charge in [0.05, 0.1) is 27.3 Å². The molecule has 0 aromatic heterocycles. The summed E-state index contributed by atoms with van der Waals surface area (Å²) in [5.41, 5.74) is 0. The fourth-order valence-corrected chi connectivity index (χ4v) is 6.39. The maximum atomic E-state index is 9.35. The van der Waals surface area contributed by atoms with Crippen LogP contribution in [0.4, 0.5) is 0 Å². The molecule has 0 saturated carbocycles. The molecule has 0 heterocycles. The third kappa shape index (κ3) is 43.8. The molecule has 0 saturated heterocycles. The Bertz CT molecular complexity index is 614. The Morgan fingerprint density at radius 3 is 1.02 bits per heavy atom. The molecule has 0 aliphatic rings. The normalized spacial score (nSPS) is 12.4. The van der Waals surface area contributed by atoms with Gasteiger partial charge < -0.3 is 14.6 Å². The van der Waals surface area contributed by atoms with E-state index in [0.29, 0.717) is 6.61 Å². The number of unbranched alkanes of at least 4 members (excludes halogenated alkanes) is 26. The minimum Gasteiger partial charge on any atom is -0.726 e. The molecule has 0 spiro atoms. The highest BCUT2D eigenvalue weighted by Crippen LogP contribution is 2.19. The van der Waals surface area contributed by atoms with Crippen molar-refractivity contribution in [1.29, 1.82) is 0 Å². The number of hydrogen-bond donors (Lipinski definition) is 2. The molecule has 0 aliphatic heterocycles. The lowest BCUT2D eigenvalue weighted by molar-refractivity contribution is -0.883. The van der Waals surface area contributed by atoms with Gasteiger partial charge >= 0.3 is 0 Å². The first-order chi connectivity index (χ1) is 21.8. The minimum absolute atomic E-state index is 0.330. The van der Waals surface area contributed by atoms with Crippen molar-refractivity contribution in [1.82, 2.24) is 0 Å². The van der Waals surface area contributed by atoms with Gasteiger partial charge in [0.2, 0.25) is 10.4 Å². The molecule has 1 atom stereocenters. The van der Waals surface area contributed by atoms with Crippen LogP contribution in [0.2, 0.25) is 0 Å². The lowest BCUT2D eigenvalue weighted by Crippen LogP contribution is -3.10. The summed E-state index contributed by atoms with van der Waals surface area (Å²) in [6.07, 6.45) is 43.4. The van der Waals surface area contributed by atoms with E-state index in [9.17, 15) is 18.1 Å². The van der Waals surface area contributed by atoms with Crippen LogP contribution >= 0.6 is 0 Å². The van der Waals surface area contributed by atoms with Gasteiger partial charge in [-0.15, -0.1) is 0 Å². The van der Waals surface area contributed by atoms with Gasteiger partial charge in [0, 0.05) is 5.92 Å². The van der Waals surface area contributed by atoms with Gasteiger partial charge in [0.1, 0.15) is 6.54 Å². The first kappa shape index (κ1) is 46.9. The standard InChI is InChI=1S/C37H77NO.CH4O4S/c1-4-6-8-10-12-14-16-18-20-22-24-26-28-30-32-37(36-38(3)34-35-39)33-31-29-27-25-23-21-19-17-15-13-11-9-7-5-2;1-5-6(2,3)4/h37,39H,4-36H2,1-3H3;1H3,(H,2,3,4). The number of nitrogens with one attached hydrogen (secondary N) is 1. The topological polar surface area (TPSA) is 91.1 Å². The Balaban J connectivity index is 0. The molecule has 0 amide bonds. The molecule has 7 heteroatoms. The fraction of sp³-hybridized carbons (Fsp3) is 1.00. The molecule has 2 N–H and O–H groups in total. The molecule has 0 aromatic rings. The number of likely N-dealkylation sites (N-methyl/N-ethyl adjacent to an activating group) is 1. The second kappa shape index (κ2) is 38.2. The van der Waals surface area contributed by atoms with E-state index in [-0.39, 0.29) is 0 Å². The Kier molecular flexibility index (Phi) is 39.9. The summed E-state index contributed by atoms with van der Waals surface area (Å²) in [6, 6.07) is 0. The van der Waals surface area contributed by atoms with Crippen molar-refractivity contribution in [3.63, 3.8) is 0 Å². The van der Waals surface area contributed by atoms with Crippen molar-refractivity contribution in [3.8, 4) is 0 Å². The van der Waals surface area contributed by atoms with E-state index in [4.69, 9.17) is 0 Å². The highest BCUT2D eigenvalue weighted by molar-refractivity contribution is 7.80. The first-order valence-electron chi connectivity index (χ1n) is 19.7. The van der Waals surface area contributed by atoms with Crippen LogP contribution in [0, 0.1) is 5.92 Å². The summed E-state index contributed by atoms with van der Waals surface area (Å²) in [4.78, 5) is 1.53. The molecule has 0 radical (unpaired) electrons. The fourth-order valence-electron chi connectivity index (χ4n) is 6.39. The average Bonchev–Trinajstić information content (AvgIpc) is 3.01. The zero-order chi connectivity index (χ0) is 33.7.